The van der Waals surface area contributed by atoms with E-state index in [1.165, 1.54) is 12.1 Å². The number of carbonyl (C=O) groups is 1. The minimum absolute atomic E-state index is 0.00706. The van der Waals surface area contributed by atoms with Gasteiger partial charge in [-0.3, -0.25) is 4.79 Å². The molecule has 0 aliphatic carbocycles. The van der Waals surface area contributed by atoms with E-state index in [-0.39, 0.29) is 22.9 Å². The van der Waals surface area contributed by atoms with Crippen LogP contribution in [-0.2, 0) is 31.4 Å². The molecule has 1 aliphatic rings. The van der Waals surface area contributed by atoms with Crippen LogP contribution in [-0.4, -0.2) is 40.9 Å². The normalized spacial score (nSPS) is 15.9. The zero-order valence-corrected chi connectivity index (χ0v) is 18.2. The Balaban J connectivity index is 1.60. The number of amides is 1. The van der Waals surface area contributed by atoms with Crippen LogP contribution in [0, 0.1) is 13.8 Å². The number of aromatic hydroxyl groups is 1. The van der Waals surface area contributed by atoms with Crippen molar-refractivity contribution in [2.75, 3.05) is 17.4 Å². The van der Waals surface area contributed by atoms with Crippen LogP contribution in [0.2, 0.25) is 0 Å². The second-order valence-electron chi connectivity index (χ2n) is 7.18. The lowest BCUT2D eigenvalue weighted by atomic mass is 10.1. The highest BCUT2D eigenvalue weighted by atomic mass is 32.2. The second-order valence-corrected chi connectivity index (χ2v) is 10.5. The predicted molar refractivity (Wildman–Crippen MR) is 112 cm³/mol. The lowest BCUT2D eigenvalue weighted by Gasteiger charge is -2.16. The smallest absolute Gasteiger partial charge is 0.326 e. The number of benzene rings is 2. The Labute approximate surface area is 176 Å². The molecule has 0 aromatic heterocycles. The van der Waals surface area contributed by atoms with E-state index >= 15 is 0 Å². The average molecular weight is 454 g/mol. The minimum Gasteiger partial charge on any atom is -0.506 e. The summed E-state index contributed by atoms with van der Waals surface area (Å²) in [4.78, 5) is 11.6. The van der Waals surface area contributed by atoms with Gasteiger partial charge < -0.3 is 5.11 Å². The molecular weight excluding hydrogens is 430 g/mol. The van der Waals surface area contributed by atoms with Gasteiger partial charge in [0.25, 0.3) is 5.91 Å². The van der Waals surface area contributed by atoms with E-state index in [2.05, 4.69) is 4.72 Å². The molecule has 3 N–H and O–H groups in total. The Morgan fingerprint density at radius 2 is 1.80 bits per heavy atom. The van der Waals surface area contributed by atoms with E-state index in [4.69, 9.17) is 0 Å². The Bertz CT molecular complexity index is 1170. The first-order chi connectivity index (χ1) is 14.0. The summed E-state index contributed by atoms with van der Waals surface area (Å²) in [5.41, 5.74) is 2.44. The monoisotopic (exact) mass is 453 g/mol. The van der Waals surface area contributed by atoms with Gasteiger partial charge in [0.1, 0.15) is 12.3 Å². The molecule has 162 valence electrons. The first-order valence-electron chi connectivity index (χ1n) is 9.21. The standard InChI is InChI=1S/C19H23N3O6S2/c1-13-8-14(2)10-16(9-13)29(25,26)20-7-3-4-15-5-6-17(18(23)11-15)22-12-19(24)21-30(22,27)28/h5-6,8-11,20,23H,3-4,7,12H2,1-2H3,(H,21,24). The Morgan fingerprint density at radius 3 is 2.37 bits per heavy atom. The van der Waals surface area contributed by atoms with Crippen molar-refractivity contribution in [3.63, 3.8) is 0 Å². The molecule has 1 aliphatic heterocycles. The summed E-state index contributed by atoms with van der Waals surface area (Å²) in [5, 5.41) is 10.2. The minimum atomic E-state index is -4.00. The SMILES string of the molecule is Cc1cc(C)cc(S(=O)(=O)NCCCc2ccc(N3CC(=O)NS3(=O)=O)c(O)c2)c1. The van der Waals surface area contributed by atoms with E-state index in [1.807, 2.05) is 24.6 Å². The highest BCUT2D eigenvalue weighted by Gasteiger charge is 2.35. The molecule has 9 nitrogen and oxygen atoms in total. The molecule has 1 amide bonds. The van der Waals surface area contributed by atoms with Crippen molar-refractivity contribution in [3.05, 3.63) is 53.1 Å². The van der Waals surface area contributed by atoms with Crippen molar-refractivity contribution < 1.29 is 26.7 Å². The summed E-state index contributed by atoms with van der Waals surface area (Å²) in [6.45, 7) is 3.48. The number of anilines is 1. The number of sulfonamides is 1. The third kappa shape index (κ3) is 4.91. The molecular formula is C19H23N3O6S2. The van der Waals surface area contributed by atoms with Crippen molar-refractivity contribution in [3.8, 4) is 5.75 Å². The number of carbonyl (C=O) groups excluding carboxylic acids is 1. The number of aryl methyl sites for hydroxylation is 3. The maximum Gasteiger partial charge on any atom is 0.326 e. The second kappa shape index (κ2) is 8.25. The van der Waals surface area contributed by atoms with E-state index in [0.29, 0.717) is 18.4 Å². The van der Waals surface area contributed by atoms with Gasteiger partial charge in [-0.05, 0) is 67.6 Å². The molecule has 11 heteroatoms. The first kappa shape index (κ1) is 22.1. The highest BCUT2D eigenvalue weighted by molar-refractivity contribution is 7.92. The van der Waals surface area contributed by atoms with Gasteiger partial charge in [-0.15, -0.1) is 0 Å². The Hall–Kier alpha value is -2.63. The largest absolute Gasteiger partial charge is 0.506 e. The van der Waals surface area contributed by atoms with E-state index in [1.54, 1.807) is 18.2 Å². The summed E-state index contributed by atoms with van der Waals surface area (Å²) >= 11 is 0. The molecule has 2 aromatic carbocycles. The fourth-order valence-electron chi connectivity index (χ4n) is 3.27. The van der Waals surface area contributed by atoms with Crippen LogP contribution in [0.5, 0.6) is 5.75 Å². The number of hydrogen-bond donors (Lipinski definition) is 3. The highest BCUT2D eigenvalue weighted by Crippen LogP contribution is 2.31. The third-order valence-corrected chi connectivity index (χ3v) is 7.40. The van der Waals surface area contributed by atoms with Gasteiger partial charge in [0.15, 0.2) is 0 Å². The van der Waals surface area contributed by atoms with Crippen molar-refractivity contribution in [1.29, 1.82) is 0 Å². The van der Waals surface area contributed by atoms with Crippen LogP contribution in [0.15, 0.2) is 41.3 Å². The maximum atomic E-state index is 12.4. The molecule has 0 saturated carbocycles. The van der Waals surface area contributed by atoms with Gasteiger partial charge in [-0.1, -0.05) is 12.1 Å². The number of rotatable bonds is 7. The van der Waals surface area contributed by atoms with Crippen LogP contribution >= 0.6 is 0 Å². The van der Waals surface area contributed by atoms with Crippen LogP contribution in [0.4, 0.5) is 5.69 Å². The molecule has 2 aromatic rings. The summed E-state index contributed by atoms with van der Waals surface area (Å²) < 4.78 is 53.9. The molecule has 1 heterocycles. The molecule has 0 unspecified atom stereocenters. The van der Waals surface area contributed by atoms with Crippen LogP contribution in [0.25, 0.3) is 0 Å². The fourth-order valence-corrected chi connectivity index (χ4v) is 5.69. The van der Waals surface area contributed by atoms with Crippen molar-refractivity contribution >= 4 is 31.8 Å². The first-order valence-corrected chi connectivity index (χ1v) is 12.1. The Morgan fingerprint density at radius 1 is 1.13 bits per heavy atom. The number of nitrogens with zero attached hydrogens (tertiary/aromatic N) is 1. The summed E-state index contributed by atoms with van der Waals surface area (Å²) in [6, 6.07) is 9.57. The van der Waals surface area contributed by atoms with Crippen LogP contribution in [0.3, 0.4) is 0 Å². The molecule has 3 rings (SSSR count). The van der Waals surface area contributed by atoms with E-state index in [9.17, 15) is 26.7 Å². The zero-order valence-electron chi connectivity index (χ0n) is 16.5. The van der Waals surface area contributed by atoms with Crippen molar-refractivity contribution in [2.45, 2.75) is 31.6 Å². The molecule has 1 saturated heterocycles. The molecule has 0 radical (unpaired) electrons. The lowest BCUT2D eigenvalue weighted by Crippen LogP contribution is -2.29. The zero-order chi connectivity index (χ0) is 22.1. The molecule has 30 heavy (non-hydrogen) atoms. The van der Waals surface area contributed by atoms with Gasteiger partial charge >= 0.3 is 10.2 Å². The Kier molecular flexibility index (Phi) is 6.06. The van der Waals surface area contributed by atoms with Crippen molar-refractivity contribution in [1.82, 2.24) is 9.44 Å². The summed E-state index contributed by atoms with van der Waals surface area (Å²) in [5.74, 6) is -0.946. The average Bonchev–Trinajstić information content (AvgIpc) is 2.90. The summed E-state index contributed by atoms with van der Waals surface area (Å²) in [7, 11) is -7.61. The topological polar surface area (TPSA) is 133 Å². The molecule has 0 bridgehead atoms. The molecule has 0 spiro atoms. The number of nitrogens with one attached hydrogen (secondary N) is 2. The quantitative estimate of drug-likeness (QED) is 0.538. The van der Waals surface area contributed by atoms with Gasteiger partial charge in [0, 0.05) is 6.54 Å². The van der Waals surface area contributed by atoms with Gasteiger partial charge in [0.2, 0.25) is 10.0 Å². The number of phenolic OH excluding ortho intramolecular Hbond substituents is 1. The molecule has 1 fully saturated rings. The number of phenols is 1. The van der Waals surface area contributed by atoms with Crippen LogP contribution < -0.4 is 13.7 Å². The summed E-state index contributed by atoms with van der Waals surface area (Å²) in [6.07, 6.45) is 0.942. The van der Waals surface area contributed by atoms with E-state index < -0.39 is 32.7 Å². The van der Waals surface area contributed by atoms with Crippen molar-refractivity contribution in [2.24, 2.45) is 0 Å². The molecule has 0 atom stereocenters. The number of hydrogen-bond acceptors (Lipinski definition) is 6. The third-order valence-electron chi connectivity index (χ3n) is 4.57. The van der Waals surface area contributed by atoms with E-state index in [0.717, 1.165) is 15.4 Å². The maximum absolute atomic E-state index is 12.4. The van der Waals surface area contributed by atoms with Gasteiger partial charge in [-0.25, -0.2) is 22.2 Å². The van der Waals surface area contributed by atoms with Gasteiger partial charge in [-0.2, -0.15) is 8.42 Å². The predicted octanol–water partition coefficient (Wildman–Crippen LogP) is 1.10. The van der Waals surface area contributed by atoms with Gasteiger partial charge in [0.05, 0.1) is 10.6 Å². The fraction of sp³-hybridized carbons (Fsp3) is 0.316. The van der Waals surface area contributed by atoms with Crippen LogP contribution in [0.1, 0.15) is 23.1 Å². The lowest BCUT2D eigenvalue weighted by molar-refractivity contribution is -0.117.